The van der Waals surface area contributed by atoms with Gasteiger partial charge in [-0.1, -0.05) is 48.0 Å². The third kappa shape index (κ3) is 5.49. The van der Waals surface area contributed by atoms with Gasteiger partial charge in [0, 0.05) is 36.3 Å². The van der Waals surface area contributed by atoms with Crippen LogP contribution >= 0.6 is 0 Å². The van der Waals surface area contributed by atoms with Crippen LogP contribution in [0.3, 0.4) is 0 Å². The summed E-state index contributed by atoms with van der Waals surface area (Å²) >= 11 is 0. The number of nitrogens with zero attached hydrogens (tertiary/aromatic N) is 3. The number of rotatable bonds is 8. The number of aryl methyl sites for hydroxylation is 1. The summed E-state index contributed by atoms with van der Waals surface area (Å²) in [6.07, 6.45) is 2.02. The zero-order valence-corrected chi connectivity index (χ0v) is 23.3. The zero-order chi connectivity index (χ0) is 27.5. The quantitative estimate of drug-likeness (QED) is 0.234. The van der Waals surface area contributed by atoms with E-state index in [1.54, 1.807) is 14.2 Å². The van der Waals surface area contributed by atoms with E-state index >= 15 is 0 Å². The molecule has 0 fully saturated rings. The van der Waals surface area contributed by atoms with Crippen LogP contribution < -0.4 is 14.8 Å². The molecule has 0 saturated carbocycles. The Kier molecular flexibility index (Phi) is 7.34. The first kappa shape index (κ1) is 25.8. The number of fused-ring (bicyclic) bond motifs is 2. The van der Waals surface area contributed by atoms with Crippen molar-refractivity contribution < 1.29 is 9.47 Å². The Labute approximate surface area is 235 Å². The van der Waals surface area contributed by atoms with Crippen LogP contribution in [0.4, 0.5) is 11.5 Å². The van der Waals surface area contributed by atoms with Gasteiger partial charge in [0.25, 0.3) is 0 Å². The molecular formula is C34H34N4O2. The van der Waals surface area contributed by atoms with E-state index < -0.39 is 0 Å². The molecule has 0 amide bonds. The smallest absolute Gasteiger partial charge is 0.162 e. The molecule has 6 nitrogen and oxygen atoms in total. The van der Waals surface area contributed by atoms with Gasteiger partial charge in [-0.15, -0.1) is 0 Å². The number of ether oxygens (including phenoxy) is 2. The second kappa shape index (κ2) is 11.4. The normalized spacial score (nSPS) is 13.2. The van der Waals surface area contributed by atoms with Crippen molar-refractivity contribution in [2.24, 2.45) is 0 Å². The first-order valence-corrected chi connectivity index (χ1v) is 13.8. The van der Waals surface area contributed by atoms with Crippen molar-refractivity contribution in [1.29, 1.82) is 0 Å². The van der Waals surface area contributed by atoms with Crippen LogP contribution in [0.25, 0.3) is 22.3 Å². The lowest BCUT2D eigenvalue weighted by molar-refractivity contribution is 0.255. The van der Waals surface area contributed by atoms with Gasteiger partial charge in [0.2, 0.25) is 0 Å². The Morgan fingerprint density at radius 2 is 1.60 bits per heavy atom. The maximum atomic E-state index is 5.52. The molecule has 4 aromatic carbocycles. The Morgan fingerprint density at radius 3 is 2.38 bits per heavy atom. The van der Waals surface area contributed by atoms with Crippen LogP contribution in [0.5, 0.6) is 11.5 Å². The summed E-state index contributed by atoms with van der Waals surface area (Å²) in [4.78, 5) is 12.3. The molecule has 0 saturated heterocycles. The molecule has 2 heterocycles. The molecule has 0 unspecified atom stereocenters. The van der Waals surface area contributed by atoms with Crippen LogP contribution in [-0.2, 0) is 19.4 Å². The summed E-state index contributed by atoms with van der Waals surface area (Å²) < 4.78 is 11.0. The first-order chi connectivity index (χ1) is 19.6. The van der Waals surface area contributed by atoms with E-state index in [4.69, 9.17) is 19.4 Å². The van der Waals surface area contributed by atoms with Gasteiger partial charge in [0.1, 0.15) is 5.82 Å². The number of benzene rings is 4. The Bertz CT molecular complexity index is 1650. The fraction of sp³-hybridized carbons (Fsp3) is 0.235. The molecule has 202 valence electrons. The van der Waals surface area contributed by atoms with Crippen molar-refractivity contribution in [2.45, 2.75) is 26.3 Å². The maximum Gasteiger partial charge on any atom is 0.162 e. The molecule has 0 bridgehead atoms. The second-order valence-corrected chi connectivity index (χ2v) is 10.4. The fourth-order valence-electron chi connectivity index (χ4n) is 5.40. The van der Waals surface area contributed by atoms with Crippen molar-refractivity contribution in [1.82, 2.24) is 14.9 Å². The molecule has 0 radical (unpaired) electrons. The number of methoxy groups -OCH3 is 2. The van der Waals surface area contributed by atoms with Gasteiger partial charge in [-0.05, 0) is 78.9 Å². The first-order valence-electron chi connectivity index (χ1n) is 13.8. The van der Waals surface area contributed by atoms with E-state index in [0.717, 1.165) is 77.8 Å². The van der Waals surface area contributed by atoms with E-state index in [9.17, 15) is 0 Å². The minimum atomic E-state index is 0.723. The van der Waals surface area contributed by atoms with Crippen molar-refractivity contribution in [3.05, 3.63) is 107 Å². The lowest BCUT2D eigenvalue weighted by Gasteiger charge is -2.29. The lowest BCUT2D eigenvalue weighted by Crippen LogP contribution is -2.32. The summed E-state index contributed by atoms with van der Waals surface area (Å²) in [5, 5.41) is 4.55. The highest BCUT2D eigenvalue weighted by Crippen LogP contribution is 2.33. The molecule has 0 atom stereocenters. The SMILES string of the molecule is COc1cc2c(cc1OC)CN(CCc1ccc(Nc3nc(-c4cccc(C)c4)nc4ccccc34)cc1)CC2. The summed E-state index contributed by atoms with van der Waals surface area (Å²) in [5.74, 6) is 3.15. The summed E-state index contributed by atoms with van der Waals surface area (Å²) in [6.45, 7) is 5.08. The van der Waals surface area contributed by atoms with Gasteiger partial charge in [-0.25, -0.2) is 9.97 Å². The van der Waals surface area contributed by atoms with Crippen LogP contribution in [0, 0.1) is 6.92 Å². The highest BCUT2D eigenvalue weighted by Gasteiger charge is 2.19. The van der Waals surface area contributed by atoms with Crippen molar-refractivity contribution in [2.75, 3.05) is 32.6 Å². The topological polar surface area (TPSA) is 59.5 Å². The molecule has 6 heteroatoms. The average molecular weight is 531 g/mol. The standard InChI is InChI=1S/C34H34N4O2/c1-23-7-6-8-26(19-23)33-36-30-10-5-4-9-29(30)34(37-33)35-28-13-11-24(12-14-28)15-17-38-18-16-25-20-31(39-2)32(40-3)21-27(25)22-38/h4-14,19-21H,15-18,22H2,1-3H3,(H,35,36,37). The van der Waals surface area contributed by atoms with Crippen LogP contribution in [0.15, 0.2) is 84.9 Å². The zero-order valence-electron chi connectivity index (χ0n) is 23.3. The van der Waals surface area contributed by atoms with Crippen LogP contribution in [0.2, 0.25) is 0 Å². The van der Waals surface area contributed by atoms with Crippen molar-refractivity contribution in [3.63, 3.8) is 0 Å². The monoisotopic (exact) mass is 530 g/mol. The van der Waals surface area contributed by atoms with Crippen molar-refractivity contribution in [3.8, 4) is 22.9 Å². The van der Waals surface area contributed by atoms with Gasteiger partial charge >= 0.3 is 0 Å². The van der Waals surface area contributed by atoms with Gasteiger partial charge in [-0.2, -0.15) is 0 Å². The van der Waals surface area contributed by atoms with E-state index in [1.807, 2.05) is 24.3 Å². The molecule has 1 aliphatic rings. The van der Waals surface area contributed by atoms with Crippen LogP contribution in [-0.4, -0.2) is 42.2 Å². The summed E-state index contributed by atoms with van der Waals surface area (Å²) in [6, 6.07) is 29.4. The minimum Gasteiger partial charge on any atom is -0.493 e. The summed E-state index contributed by atoms with van der Waals surface area (Å²) in [7, 11) is 3.39. The average Bonchev–Trinajstić information content (AvgIpc) is 2.99. The molecule has 5 aromatic rings. The van der Waals surface area contributed by atoms with Gasteiger partial charge < -0.3 is 14.8 Å². The van der Waals surface area contributed by atoms with Gasteiger partial charge in [-0.3, -0.25) is 4.90 Å². The number of anilines is 2. The van der Waals surface area contributed by atoms with Crippen LogP contribution in [0.1, 0.15) is 22.3 Å². The maximum absolute atomic E-state index is 5.52. The highest BCUT2D eigenvalue weighted by atomic mass is 16.5. The Hall–Kier alpha value is -4.42. The predicted octanol–water partition coefficient (Wildman–Crippen LogP) is 6.97. The third-order valence-electron chi connectivity index (χ3n) is 7.61. The lowest BCUT2D eigenvalue weighted by atomic mass is 9.98. The fourth-order valence-corrected chi connectivity index (χ4v) is 5.40. The molecule has 0 spiro atoms. The number of nitrogens with one attached hydrogen (secondary N) is 1. The van der Waals surface area contributed by atoms with Crippen molar-refractivity contribution >= 4 is 22.4 Å². The highest BCUT2D eigenvalue weighted by molar-refractivity contribution is 5.92. The Balaban J connectivity index is 1.14. The number of hydrogen-bond acceptors (Lipinski definition) is 6. The summed E-state index contributed by atoms with van der Waals surface area (Å²) in [5.41, 5.74) is 8.13. The van der Waals surface area contributed by atoms with E-state index in [-0.39, 0.29) is 0 Å². The van der Waals surface area contributed by atoms with E-state index in [1.165, 1.54) is 22.3 Å². The molecule has 40 heavy (non-hydrogen) atoms. The third-order valence-corrected chi connectivity index (χ3v) is 7.61. The number of para-hydroxylation sites is 1. The second-order valence-electron chi connectivity index (χ2n) is 10.4. The van der Waals surface area contributed by atoms with Gasteiger partial charge in [0.05, 0.1) is 19.7 Å². The van der Waals surface area contributed by atoms with Gasteiger partial charge in [0.15, 0.2) is 17.3 Å². The van der Waals surface area contributed by atoms with E-state index in [0.29, 0.717) is 0 Å². The van der Waals surface area contributed by atoms with E-state index in [2.05, 4.69) is 77.8 Å². The molecule has 1 aliphatic heterocycles. The predicted molar refractivity (Wildman–Crippen MR) is 162 cm³/mol. The molecule has 1 N–H and O–H groups in total. The molecule has 1 aromatic heterocycles. The molecule has 6 rings (SSSR count). The Morgan fingerprint density at radius 1 is 0.825 bits per heavy atom. The number of aromatic nitrogens is 2. The number of hydrogen-bond donors (Lipinski definition) is 1. The molecule has 0 aliphatic carbocycles. The minimum absolute atomic E-state index is 0.723. The largest absolute Gasteiger partial charge is 0.493 e. The molecular weight excluding hydrogens is 496 g/mol.